The van der Waals surface area contributed by atoms with E-state index < -0.39 is 35.2 Å². The third-order valence-electron chi connectivity index (χ3n) is 5.07. The fourth-order valence-electron chi connectivity index (χ4n) is 3.94. The monoisotopic (exact) mass is 448 g/mol. The Morgan fingerprint density at radius 3 is 2.48 bits per heavy atom. The predicted octanol–water partition coefficient (Wildman–Crippen LogP) is 4.73. The number of pyridine rings is 1. The minimum atomic E-state index is -4.64. The lowest BCUT2D eigenvalue weighted by atomic mass is 9.75. The van der Waals surface area contributed by atoms with Gasteiger partial charge in [0.1, 0.15) is 16.4 Å². The molecule has 29 heavy (non-hydrogen) atoms. The molecule has 0 saturated carbocycles. The molecule has 0 bridgehead atoms. The molecule has 1 N–H and O–H groups in total. The van der Waals surface area contributed by atoms with Gasteiger partial charge in [0.25, 0.3) is 0 Å². The first-order chi connectivity index (χ1) is 13.2. The molecule has 2 aliphatic rings. The largest absolute Gasteiger partial charge is 0.444 e. The summed E-state index contributed by atoms with van der Waals surface area (Å²) in [6, 6.07) is 1.94. The van der Waals surface area contributed by atoms with Gasteiger partial charge in [-0.3, -0.25) is 4.90 Å². The number of amides is 1. The second-order valence-electron chi connectivity index (χ2n) is 8.87. The molecule has 1 aromatic heterocycles. The fraction of sp³-hybridized carbons (Fsp3) is 0.684. The molecule has 3 rings (SSSR count). The number of halogens is 4. The van der Waals surface area contributed by atoms with Gasteiger partial charge in [-0.2, -0.15) is 13.2 Å². The Labute approximate surface area is 175 Å². The van der Waals surface area contributed by atoms with E-state index >= 15 is 0 Å². The molecule has 2 radical (unpaired) electrons. The highest BCUT2D eigenvalue weighted by Gasteiger charge is 2.57. The van der Waals surface area contributed by atoms with Crippen LogP contribution in [0.5, 0.6) is 0 Å². The van der Waals surface area contributed by atoms with Gasteiger partial charge < -0.3 is 9.84 Å². The van der Waals surface area contributed by atoms with Crippen LogP contribution in [0.4, 0.5) is 18.0 Å². The van der Waals surface area contributed by atoms with E-state index in [1.807, 2.05) is 6.92 Å². The smallest absolute Gasteiger partial charge is 0.433 e. The van der Waals surface area contributed by atoms with Crippen molar-refractivity contribution in [1.82, 2.24) is 9.88 Å². The first-order valence-electron chi connectivity index (χ1n) is 9.41. The summed E-state index contributed by atoms with van der Waals surface area (Å²) in [6.45, 7) is 7.42. The van der Waals surface area contributed by atoms with E-state index in [9.17, 15) is 23.1 Å². The zero-order chi connectivity index (χ0) is 21.8. The van der Waals surface area contributed by atoms with Gasteiger partial charge in [-0.15, -0.1) is 0 Å². The maximum atomic E-state index is 13.0. The van der Waals surface area contributed by atoms with Gasteiger partial charge >= 0.3 is 12.3 Å². The summed E-state index contributed by atoms with van der Waals surface area (Å²) in [5.41, 5.74) is -2.99. The van der Waals surface area contributed by atoms with Gasteiger partial charge in [0.15, 0.2) is 0 Å². The van der Waals surface area contributed by atoms with Crippen LogP contribution in [0.15, 0.2) is 12.1 Å². The third-order valence-corrected chi connectivity index (χ3v) is 6.69. The third kappa shape index (κ3) is 4.72. The van der Waals surface area contributed by atoms with E-state index in [1.54, 1.807) is 20.8 Å². The van der Waals surface area contributed by atoms with E-state index in [1.165, 1.54) is 11.0 Å². The second-order valence-corrected chi connectivity index (χ2v) is 10.7. The fourth-order valence-corrected chi connectivity index (χ4v) is 5.29. The Balaban J connectivity index is 2.07. The van der Waals surface area contributed by atoms with Crippen molar-refractivity contribution >= 4 is 27.2 Å². The molecule has 0 aliphatic carbocycles. The lowest BCUT2D eigenvalue weighted by Gasteiger charge is -2.50. The Bertz CT molecular complexity index is 798. The van der Waals surface area contributed by atoms with Gasteiger partial charge in [-0.1, -0.05) is 30.6 Å². The molecule has 3 heterocycles. The SMILES string of the molecule is C[C@H]1CN(C(=O)OC(C)(C)C)[C@@H](c2ccc(C(F)(F)F)nc2Cl)[C@@](O)(C2C[Si]2)C1. The summed E-state index contributed by atoms with van der Waals surface area (Å²) >= 11 is 6.16. The van der Waals surface area contributed by atoms with Crippen molar-refractivity contribution in [3.05, 3.63) is 28.5 Å². The maximum Gasteiger partial charge on any atom is 0.433 e. The van der Waals surface area contributed by atoms with Crippen LogP contribution in [-0.2, 0) is 10.9 Å². The van der Waals surface area contributed by atoms with Gasteiger partial charge in [0, 0.05) is 21.6 Å². The minimum Gasteiger partial charge on any atom is -0.444 e. The normalized spacial score (nSPS) is 30.2. The van der Waals surface area contributed by atoms with Crippen molar-refractivity contribution < 1.29 is 27.8 Å². The quantitative estimate of drug-likeness (QED) is 0.525. The zero-order valence-corrected chi connectivity index (χ0v) is 18.4. The highest BCUT2D eigenvalue weighted by molar-refractivity contribution is 6.51. The molecule has 2 saturated heterocycles. The number of alkyl halides is 3. The van der Waals surface area contributed by atoms with Crippen LogP contribution in [-0.4, -0.2) is 48.4 Å². The number of aliphatic hydroxyl groups is 1. The molecule has 10 heteroatoms. The number of hydrogen-bond donors (Lipinski definition) is 1. The van der Waals surface area contributed by atoms with Crippen LogP contribution in [0, 0.1) is 5.92 Å². The molecule has 0 spiro atoms. The van der Waals surface area contributed by atoms with Gasteiger partial charge in [-0.05, 0) is 44.7 Å². The highest BCUT2D eigenvalue weighted by Crippen LogP contribution is 2.55. The Morgan fingerprint density at radius 2 is 2.00 bits per heavy atom. The van der Waals surface area contributed by atoms with Crippen molar-refractivity contribution in [2.24, 2.45) is 5.92 Å². The molecule has 5 nitrogen and oxygen atoms in total. The lowest BCUT2D eigenvalue weighted by Crippen LogP contribution is -2.56. The van der Waals surface area contributed by atoms with Crippen LogP contribution in [0.3, 0.4) is 0 Å². The number of carbonyl (C=O) groups excluding carboxylic acids is 1. The van der Waals surface area contributed by atoms with Crippen LogP contribution >= 0.6 is 11.6 Å². The standard InChI is InChI=1S/C19H24ClF3N2O3Si/c1-10-7-18(27,13-9-29-13)14(25(8-10)16(26)28-17(2,3)4)11-5-6-12(19(21,22)23)24-15(11)20/h5-6,10,13-14,27H,7-9H2,1-4H3/t10-,13?,14+,18+/m1/s1. The second kappa shape index (κ2) is 7.42. The molecule has 2 fully saturated rings. The van der Waals surface area contributed by atoms with Crippen molar-refractivity contribution in [3.63, 3.8) is 0 Å². The van der Waals surface area contributed by atoms with Crippen molar-refractivity contribution in [1.29, 1.82) is 0 Å². The zero-order valence-electron chi connectivity index (χ0n) is 16.7. The summed E-state index contributed by atoms with van der Waals surface area (Å²) in [7, 11) is 0.533. The Kier molecular flexibility index (Phi) is 5.72. The number of nitrogens with zero attached hydrogens (tertiary/aromatic N) is 2. The van der Waals surface area contributed by atoms with Gasteiger partial charge in [0.2, 0.25) is 0 Å². The summed E-state index contributed by atoms with van der Waals surface area (Å²) in [4.78, 5) is 17.9. The van der Waals surface area contributed by atoms with Crippen molar-refractivity contribution in [2.75, 3.05) is 6.54 Å². The van der Waals surface area contributed by atoms with Crippen LogP contribution in [0.2, 0.25) is 16.7 Å². The number of likely N-dealkylation sites (tertiary alicyclic amines) is 1. The summed E-state index contributed by atoms with van der Waals surface area (Å²) in [6.07, 6.45) is -4.85. The first-order valence-corrected chi connectivity index (χ1v) is 11.1. The summed E-state index contributed by atoms with van der Waals surface area (Å²) < 4.78 is 44.6. The van der Waals surface area contributed by atoms with Crippen LogP contribution in [0.25, 0.3) is 0 Å². The van der Waals surface area contributed by atoms with Gasteiger partial charge in [0.05, 0.1) is 11.6 Å². The average Bonchev–Trinajstić information content (AvgIpc) is 3.37. The molecule has 4 atom stereocenters. The molecule has 1 amide bonds. The number of piperidine rings is 1. The Hall–Kier alpha value is -1.32. The van der Waals surface area contributed by atoms with E-state index in [0.29, 0.717) is 22.5 Å². The summed E-state index contributed by atoms with van der Waals surface area (Å²) in [5, 5.41) is 11.2. The lowest BCUT2D eigenvalue weighted by molar-refractivity contribution is -0.141. The summed E-state index contributed by atoms with van der Waals surface area (Å²) in [5.74, 6) is -0.00430. The van der Waals surface area contributed by atoms with E-state index in [-0.39, 0.29) is 22.2 Å². The number of carbonyl (C=O) groups is 1. The minimum absolute atomic E-state index is 0.00430. The Morgan fingerprint density at radius 1 is 1.38 bits per heavy atom. The molecular formula is C19H24ClF3N2O3Si. The van der Waals surface area contributed by atoms with Crippen molar-refractivity contribution in [2.45, 2.75) is 69.1 Å². The van der Waals surface area contributed by atoms with E-state index in [2.05, 4.69) is 4.98 Å². The predicted molar refractivity (Wildman–Crippen MR) is 103 cm³/mol. The maximum absolute atomic E-state index is 13.0. The number of rotatable bonds is 2. The molecular weight excluding hydrogens is 425 g/mol. The van der Waals surface area contributed by atoms with Crippen LogP contribution < -0.4 is 0 Å². The first kappa shape index (κ1) is 22.4. The number of aromatic nitrogens is 1. The molecule has 1 unspecified atom stereocenters. The highest BCUT2D eigenvalue weighted by atomic mass is 35.5. The number of ether oxygens (including phenoxy) is 1. The molecule has 1 aromatic rings. The molecule has 0 aromatic carbocycles. The molecule has 2 aliphatic heterocycles. The van der Waals surface area contributed by atoms with E-state index in [4.69, 9.17) is 16.3 Å². The van der Waals surface area contributed by atoms with Crippen LogP contribution in [0.1, 0.15) is 51.4 Å². The van der Waals surface area contributed by atoms with Crippen molar-refractivity contribution in [3.8, 4) is 0 Å². The van der Waals surface area contributed by atoms with E-state index in [0.717, 1.165) is 12.1 Å². The van der Waals surface area contributed by atoms with Gasteiger partial charge in [-0.25, -0.2) is 9.78 Å². The number of hydrogen-bond acceptors (Lipinski definition) is 4. The topological polar surface area (TPSA) is 62.7 Å². The average molecular weight is 449 g/mol. The molecule has 160 valence electrons.